The van der Waals surface area contributed by atoms with Crippen molar-refractivity contribution in [1.82, 2.24) is 5.32 Å². The monoisotopic (exact) mass is 312 g/mol. The third kappa shape index (κ3) is 11.6. The van der Waals surface area contributed by atoms with Gasteiger partial charge in [0.15, 0.2) is 0 Å². The number of hydrogen-bond acceptors (Lipinski definition) is 3. The van der Waals surface area contributed by atoms with Crippen LogP contribution in [0.1, 0.15) is 91.4 Å². The third-order valence-electron chi connectivity index (χ3n) is 4.34. The third-order valence-corrected chi connectivity index (χ3v) is 4.34. The molecule has 130 valence electrons. The molecule has 0 radical (unpaired) electrons. The molecule has 0 aromatic rings. The first-order chi connectivity index (χ1) is 10.4. The average molecular weight is 312 g/mol. The second kappa shape index (κ2) is 12.5. The number of amides is 1. The first-order valence-corrected chi connectivity index (χ1v) is 8.88. The van der Waals surface area contributed by atoms with E-state index in [1.165, 1.54) is 25.7 Å². The number of rotatable bonds is 14. The second-order valence-corrected chi connectivity index (χ2v) is 6.80. The molecule has 0 bridgehead atoms. The maximum Gasteiger partial charge on any atom is 0.225 e. The smallest absolute Gasteiger partial charge is 0.225 e. The molecule has 0 atom stereocenters. The highest BCUT2D eigenvalue weighted by Crippen LogP contribution is 2.19. The molecule has 4 nitrogen and oxygen atoms in total. The van der Waals surface area contributed by atoms with Crippen molar-refractivity contribution in [2.24, 2.45) is 5.41 Å². The van der Waals surface area contributed by atoms with Crippen molar-refractivity contribution in [2.75, 3.05) is 6.54 Å². The summed E-state index contributed by atoms with van der Waals surface area (Å²) in [6, 6.07) is 0. The van der Waals surface area contributed by atoms with Crippen molar-refractivity contribution in [3.63, 3.8) is 0 Å². The lowest BCUT2D eigenvalue weighted by atomic mass is 9.89. The zero-order chi connectivity index (χ0) is 16.8. The molecule has 0 aromatic carbocycles. The van der Waals surface area contributed by atoms with Gasteiger partial charge in [0.25, 0.3) is 0 Å². The average Bonchev–Trinajstić information content (AvgIpc) is 2.47. The van der Waals surface area contributed by atoms with Crippen LogP contribution in [0.2, 0.25) is 0 Å². The minimum atomic E-state index is -0.936. The molecule has 0 fully saturated rings. The molecule has 22 heavy (non-hydrogen) atoms. The fourth-order valence-electron chi connectivity index (χ4n) is 2.23. The standard InChI is InChI=1S/C18H35NO3/c1-4-18(2,3)17(22)19-15-13-11-9-7-5-6-8-10-12-14-16(20)21/h4-15H2,1-3H3,(H,19,22)(H,20,21)/p-1. The Labute approximate surface area is 136 Å². The van der Waals surface area contributed by atoms with Crippen LogP contribution < -0.4 is 10.4 Å². The highest BCUT2D eigenvalue weighted by Gasteiger charge is 2.24. The van der Waals surface area contributed by atoms with Gasteiger partial charge in [-0.2, -0.15) is 0 Å². The predicted octanol–water partition coefficient (Wildman–Crippen LogP) is 3.19. The minimum absolute atomic E-state index is 0.159. The summed E-state index contributed by atoms with van der Waals surface area (Å²) in [5, 5.41) is 13.3. The fraction of sp³-hybridized carbons (Fsp3) is 0.889. The molecule has 0 saturated carbocycles. The van der Waals surface area contributed by atoms with Crippen LogP contribution >= 0.6 is 0 Å². The zero-order valence-corrected chi connectivity index (χ0v) is 14.7. The SMILES string of the molecule is CCC(C)(C)C(=O)NCCCCCCCCCCCC(=O)[O-]. The number of carboxylic acids is 1. The van der Waals surface area contributed by atoms with Gasteiger partial charge in [0.05, 0.1) is 0 Å². The van der Waals surface area contributed by atoms with Gasteiger partial charge in [-0.3, -0.25) is 4.79 Å². The van der Waals surface area contributed by atoms with Crippen LogP contribution in [-0.4, -0.2) is 18.4 Å². The second-order valence-electron chi connectivity index (χ2n) is 6.80. The molecule has 0 saturated heterocycles. The Hall–Kier alpha value is -1.06. The number of carbonyl (C=O) groups excluding carboxylic acids is 2. The van der Waals surface area contributed by atoms with Crippen molar-refractivity contribution >= 4 is 11.9 Å². The molecule has 0 aliphatic heterocycles. The maximum atomic E-state index is 11.8. The lowest BCUT2D eigenvalue weighted by Gasteiger charge is -2.21. The van der Waals surface area contributed by atoms with Crippen molar-refractivity contribution < 1.29 is 14.7 Å². The van der Waals surface area contributed by atoms with Crippen LogP contribution in [0.15, 0.2) is 0 Å². The van der Waals surface area contributed by atoms with E-state index in [1.807, 2.05) is 20.8 Å². The van der Waals surface area contributed by atoms with Gasteiger partial charge in [-0.05, 0) is 25.7 Å². The Morgan fingerprint density at radius 1 is 0.864 bits per heavy atom. The molecule has 0 rings (SSSR count). The van der Waals surface area contributed by atoms with Gasteiger partial charge >= 0.3 is 0 Å². The summed E-state index contributed by atoms with van der Waals surface area (Å²) >= 11 is 0. The van der Waals surface area contributed by atoms with Gasteiger partial charge in [-0.25, -0.2) is 0 Å². The molecular weight excluding hydrogens is 278 g/mol. The molecule has 0 aliphatic carbocycles. The first kappa shape index (κ1) is 20.9. The van der Waals surface area contributed by atoms with Crippen LogP contribution in [-0.2, 0) is 9.59 Å². The van der Waals surface area contributed by atoms with Crippen LogP contribution in [0.4, 0.5) is 0 Å². The number of hydrogen-bond donors (Lipinski definition) is 1. The van der Waals surface area contributed by atoms with E-state index >= 15 is 0 Å². The van der Waals surface area contributed by atoms with E-state index in [4.69, 9.17) is 0 Å². The Kier molecular flexibility index (Phi) is 11.9. The summed E-state index contributed by atoms with van der Waals surface area (Å²) in [7, 11) is 0. The van der Waals surface area contributed by atoms with Crippen LogP contribution in [0.3, 0.4) is 0 Å². The predicted molar refractivity (Wildman–Crippen MR) is 88.3 cm³/mol. The molecule has 4 heteroatoms. The molecule has 1 amide bonds. The number of carboxylic acid groups (broad SMARTS) is 1. The summed E-state index contributed by atoms with van der Waals surface area (Å²) in [5.74, 6) is -0.777. The number of aliphatic carboxylic acids is 1. The number of nitrogens with one attached hydrogen (secondary N) is 1. The number of carbonyl (C=O) groups is 2. The summed E-state index contributed by atoms with van der Waals surface area (Å²) < 4.78 is 0. The first-order valence-electron chi connectivity index (χ1n) is 8.88. The van der Waals surface area contributed by atoms with Crippen molar-refractivity contribution in [1.29, 1.82) is 0 Å². The quantitative estimate of drug-likeness (QED) is 0.501. The van der Waals surface area contributed by atoms with E-state index in [0.717, 1.165) is 45.1 Å². The Balaban J connectivity index is 3.27. The molecule has 1 N–H and O–H groups in total. The molecular formula is C18H34NO3-. The Bertz CT molecular complexity index is 313. The van der Waals surface area contributed by atoms with Gasteiger partial charge in [-0.15, -0.1) is 0 Å². The van der Waals surface area contributed by atoms with Crippen molar-refractivity contribution in [2.45, 2.75) is 91.4 Å². The van der Waals surface area contributed by atoms with E-state index < -0.39 is 5.97 Å². The molecule has 0 aliphatic rings. The zero-order valence-electron chi connectivity index (χ0n) is 14.7. The molecule has 0 aromatic heterocycles. The lowest BCUT2D eigenvalue weighted by molar-refractivity contribution is -0.305. The normalized spacial score (nSPS) is 11.4. The molecule has 0 unspecified atom stereocenters. The highest BCUT2D eigenvalue weighted by molar-refractivity contribution is 5.81. The summed E-state index contributed by atoms with van der Waals surface area (Å²) in [6.07, 6.45) is 11.0. The van der Waals surface area contributed by atoms with E-state index in [0.29, 0.717) is 0 Å². The highest BCUT2D eigenvalue weighted by atomic mass is 16.4. The lowest BCUT2D eigenvalue weighted by Crippen LogP contribution is -2.36. The van der Waals surface area contributed by atoms with E-state index in [9.17, 15) is 14.7 Å². The molecule has 0 spiro atoms. The van der Waals surface area contributed by atoms with Crippen molar-refractivity contribution in [3.8, 4) is 0 Å². The molecule has 0 heterocycles. The summed E-state index contributed by atoms with van der Waals surface area (Å²) in [4.78, 5) is 22.1. The van der Waals surface area contributed by atoms with Gasteiger partial charge in [-0.1, -0.05) is 65.7 Å². The maximum absolute atomic E-state index is 11.8. The largest absolute Gasteiger partial charge is 0.550 e. The van der Waals surface area contributed by atoms with Gasteiger partial charge in [0.1, 0.15) is 0 Å². The van der Waals surface area contributed by atoms with Crippen LogP contribution in [0, 0.1) is 5.41 Å². The van der Waals surface area contributed by atoms with Crippen molar-refractivity contribution in [3.05, 3.63) is 0 Å². The van der Waals surface area contributed by atoms with Gasteiger partial charge in [0, 0.05) is 17.9 Å². The van der Waals surface area contributed by atoms with E-state index in [-0.39, 0.29) is 17.7 Å². The fourth-order valence-corrected chi connectivity index (χ4v) is 2.23. The Morgan fingerprint density at radius 2 is 1.32 bits per heavy atom. The van der Waals surface area contributed by atoms with Gasteiger partial charge in [0.2, 0.25) is 5.91 Å². The Morgan fingerprint density at radius 3 is 1.77 bits per heavy atom. The number of unbranched alkanes of at least 4 members (excludes halogenated alkanes) is 8. The topological polar surface area (TPSA) is 69.2 Å². The van der Waals surface area contributed by atoms with Crippen LogP contribution in [0.5, 0.6) is 0 Å². The van der Waals surface area contributed by atoms with Gasteiger partial charge < -0.3 is 15.2 Å². The minimum Gasteiger partial charge on any atom is -0.550 e. The van der Waals surface area contributed by atoms with Crippen LogP contribution in [0.25, 0.3) is 0 Å². The summed E-state index contributed by atoms with van der Waals surface area (Å²) in [6.45, 7) is 6.79. The van der Waals surface area contributed by atoms with E-state index in [2.05, 4.69) is 5.32 Å². The van der Waals surface area contributed by atoms with E-state index in [1.54, 1.807) is 0 Å². The summed E-state index contributed by atoms with van der Waals surface area (Å²) in [5.41, 5.74) is -0.253.